The molecule has 1 aliphatic rings. The minimum atomic E-state index is 0.211. The lowest BCUT2D eigenvalue weighted by Crippen LogP contribution is -2.09. The fourth-order valence-electron chi connectivity index (χ4n) is 2.92. The number of benzene rings is 1. The fourth-order valence-corrected chi connectivity index (χ4v) is 2.92. The van der Waals surface area contributed by atoms with Crippen molar-refractivity contribution < 1.29 is 10.2 Å². The van der Waals surface area contributed by atoms with Gasteiger partial charge in [-0.05, 0) is 66.3 Å². The largest absolute Gasteiger partial charge is 0.508 e. The first-order valence-corrected chi connectivity index (χ1v) is 6.38. The Morgan fingerprint density at radius 3 is 2.53 bits per heavy atom. The summed E-state index contributed by atoms with van der Waals surface area (Å²) in [5.74, 6) is 0.448. The zero-order chi connectivity index (χ0) is 12.6. The molecule has 1 aliphatic carbocycles. The quantitative estimate of drug-likeness (QED) is 0.844. The molecule has 94 valence electrons. The Labute approximate surface area is 103 Å². The molecule has 2 rings (SSSR count). The summed E-state index contributed by atoms with van der Waals surface area (Å²) in [5.41, 5.74) is 5.24. The van der Waals surface area contributed by atoms with Gasteiger partial charge in [-0.1, -0.05) is 13.8 Å². The van der Waals surface area contributed by atoms with E-state index in [0.717, 1.165) is 31.2 Å². The molecule has 1 aromatic rings. The van der Waals surface area contributed by atoms with Crippen LogP contribution in [-0.4, -0.2) is 16.8 Å². The lowest BCUT2D eigenvalue weighted by molar-refractivity contribution is 0.288. The Bertz CT molecular complexity index is 433. The van der Waals surface area contributed by atoms with Crippen LogP contribution in [0.4, 0.5) is 0 Å². The minimum Gasteiger partial charge on any atom is -0.508 e. The molecule has 0 saturated carbocycles. The third-order valence-corrected chi connectivity index (χ3v) is 3.83. The molecule has 0 bridgehead atoms. The van der Waals surface area contributed by atoms with E-state index in [2.05, 4.69) is 20.8 Å². The van der Waals surface area contributed by atoms with Crippen molar-refractivity contribution in [2.24, 2.45) is 5.41 Å². The van der Waals surface area contributed by atoms with Crippen LogP contribution in [0.1, 0.15) is 42.5 Å². The van der Waals surface area contributed by atoms with E-state index in [1.54, 1.807) is 0 Å². The summed E-state index contributed by atoms with van der Waals surface area (Å²) < 4.78 is 0. The van der Waals surface area contributed by atoms with E-state index in [0.29, 0.717) is 5.75 Å². The molecule has 0 aliphatic heterocycles. The smallest absolute Gasteiger partial charge is 0.119 e. The fraction of sp³-hybridized carbons (Fsp3) is 0.600. The number of phenols is 1. The molecule has 17 heavy (non-hydrogen) atoms. The van der Waals surface area contributed by atoms with E-state index in [-0.39, 0.29) is 12.0 Å². The van der Waals surface area contributed by atoms with Crippen molar-refractivity contribution in [3.8, 4) is 5.75 Å². The third kappa shape index (κ3) is 2.32. The second kappa shape index (κ2) is 4.34. The van der Waals surface area contributed by atoms with Crippen LogP contribution in [0.3, 0.4) is 0 Å². The lowest BCUT2D eigenvalue weighted by Gasteiger charge is -2.15. The van der Waals surface area contributed by atoms with E-state index in [9.17, 15) is 5.11 Å². The number of aromatic hydroxyl groups is 1. The second-order valence-corrected chi connectivity index (χ2v) is 5.98. The van der Waals surface area contributed by atoms with Crippen molar-refractivity contribution in [1.29, 1.82) is 0 Å². The van der Waals surface area contributed by atoms with Gasteiger partial charge in [-0.25, -0.2) is 0 Å². The molecule has 2 nitrogen and oxygen atoms in total. The first-order chi connectivity index (χ1) is 7.94. The Balaban J connectivity index is 2.40. The summed E-state index contributed by atoms with van der Waals surface area (Å²) in [7, 11) is 0. The van der Waals surface area contributed by atoms with Gasteiger partial charge < -0.3 is 10.2 Å². The Kier molecular flexibility index (Phi) is 3.17. The van der Waals surface area contributed by atoms with E-state index in [1.165, 1.54) is 16.7 Å². The van der Waals surface area contributed by atoms with Crippen LogP contribution < -0.4 is 0 Å². The Morgan fingerprint density at radius 2 is 1.88 bits per heavy atom. The number of hydrogen-bond donors (Lipinski definition) is 2. The van der Waals surface area contributed by atoms with E-state index in [4.69, 9.17) is 5.11 Å². The number of aryl methyl sites for hydroxylation is 1. The molecule has 0 aromatic heterocycles. The number of fused-ring (bicyclic) bond motifs is 1. The maximum absolute atomic E-state index is 10.1. The van der Waals surface area contributed by atoms with Crippen molar-refractivity contribution in [2.75, 3.05) is 6.61 Å². The van der Waals surface area contributed by atoms with Gasteiger partial charge in [0.1, 0.15) is 5.75 Å². The van der Waals surface area contributed by atoms with Crippen molar-refractivity contribution in [3.05, 3.63) is 28.3 Å². The molecule has 0 unspecified atom stereocenters. The van der Waals surface area contributed by atoms with Gasteiger partial charge in [-0.2, -0.15) is 0 Å². The van der Waals surface area contributed by atoms with E-state index >= 15 is 0 Å². The molecule has 2 heteroatoms. The normalized spacial score (nSPS) is 17.2. The number of hydrogen-bond acceptors (Lipinski definition) is 2. The highest BCUT2D eigenvalue weighted by Gasteiger charge is 2.32. The number of phenolic OH excluding ortho intramolecular Hbond substituents is 1. The average molecular weight is 234 g/mol. The standard InChI is InChI=1S/C15H22O2/c1-10-11(5-4-6-16)7-14(17)13-9-15(2,3)8-12(10)13/h7,16-17H,4-6,8-9H2,1-3H3. The zero-order valence-corrected chi connectivity index (χ0v) is 11.0. The van der Waals surface area contributed by atoms with Crippen LogP contribution in [0, 0.1) is 12.3 Å². The zero-order valence-electron chi connectivity index (χ0n) is 11.0. The predicted molar refractivity (Wildman–Crippen MR) is 69.4 cm³/mol. The van der Waals surface area contributed by atoms with E-state index < -0.39 is 0 Å². The highest BCUT2D eigenvalue weighted by Crippen LogP contribution is 2.43. The monoisotopic (exact) mass is 234 g/mol. The molecule has 2 N–H and O–H groups in total. The molecular formula is C15H22O2. The van der Waals surface area contributed by atoms with E-state index in [1.807, 2.05) is 6.07 Å². The summed E-state index contributed by atoms with van der Waals surface area (Å²) in [6.45, 7) is 6.85. The maximum atomic E-state index is 10.1. The second-order valence-electron chi connectivity index (χ2n) is 5.98. The van der Waals surface area contributed by atoms with Gasteiger partial charge in [-0.15, -0.1) is 0 Å². The predicted octanol–water partition coefficient (Wildman–Crippen LogP) is 2.75. The van der Waals surface area contributed by atoms with Gasteiger partial charge >= 0.3 is 0 Å². The lowest BCUT2D eigenvalue weighted by atomic mass is 9.89. The first-order valence-electron chi connectivity index (χ1n) is 6.38. The van der Waals surface area contributed by atoms with Crippen molar-refractivity contribution in [1.82, 2.24) is 0 Å². The molecule has 0 amide bonds. The van der Waals surface area contributed by atoms with Crippen molar-refractivity contribution in [3.63, 3.8) is 0 Å². The summed E-state index contributed by atoms with van der Waals surface area (Å²) >= 11 is 0. The number of rotatable bonds is 3. The highest BCUT2D eigenvalue weighted by molar-refractivity contribution is 5.52. The van der Waals surface area contributed by atoms with Crippen LogP contribution >= 0.6 is 0 Å². The molecule has 0 radical (unpaired) electrons. The molecular weight excluding hydrogens is 212 g/mol. The summed E-state index contributed by atoms with van der Waals surface area (Å²) in [5, 5.41) is 19.0. The van der Waals surface area contributed by atoms with Crippen LogP contribution in [0.25, 0.3) is 0 Å². The van der Waals surface area contributed by atoms with Crippen molar-refractivity contribution in [2.45, 2.75) is 46.5 Å². The minimum absolute atomic E-state index is 0.211. The molecule has 0 heterocycles. The van der Waals surface area contributed by atoms with Crippen LogP contribution in [0.15, 0.2) is 6.07 Å². The highest BCUT2D eigenvalue weighted by atomic mass is 16.3. The van der Waals surface area contributed by atoms with Gasteiger partial charge in [0.25, 0.3) is 0 Å². The van der Waals surface area contributed by atoms with Crippen LogP contribution in [-0.2, 0) is 19.3 Å². The molecule has 0 saturated heterocycles. The van der Waals surface area contributed by atoms with Gasteiger partial charge in [0.15, 0.2) is 0 Å². The summed E-state index contributed by atoms with van der Waals surface area (Å²) in [4.78, 5) is 0. The van der Waals surface area contributed by atoms with Gasteiger partial charge in [0, 0.05) is 6.61 Å². The maximum Gasteiger partial charge on any atom is 0.119 e. The van der Waals surface area contributed by atoms with Crippen molar-refractivity contribution >= 4 is 0 Å². The Morgan fingerprint density at radius 1 is 1.24 bits per heavy atom. The summed E-state index contributed by atoms with van der Waals surface area (Å²) in [6, 6.07) is 1.89. The van der Waals surface area contributed by atoms with Gasteiger partial charge in [0.2, 0.25) is 0 Å². The Hall–Kier alpha value is -1.02. The molecule has 0 fully saturated rings. The summed E-state index contributed by atoms with van der Waals surface area (Å²) in [6.07, 6.45) is 3.63. The third-order valence-electron chi connectivity index (χ3n) is 3.83. The van der Waals surface area contributed by atoms with Gasteiger partial charge in [0.05, 0.1) is 0 Å². The molecule has 0 spiro atoms. The van der Waals surface area contributed by atoms with Crippen LogP contribution in [0.5, 0.6) is 5.75 Å². The molecule has 0 atom stereocenters. The topological polar surface area (TPSA) is 40.5 Å². The SMILES string of the molecule is Cc1c(CCCO)cc(O)c2c1CC(C)(C)C2. The van der Waals surface area contributed by atoms with Crippen LogP contribution in [0.2, 0.25) is 0 Å². The number of aliphatic hydroxyl groups is 1. The first kappa shape index (κ1) is 12.4. The van der Waals surface area contributed by atoms with Gasteiger partial charge in [-0.3, -0.25) is 0 Å². The molecule has 1 aromatic carbocycles. The average Bonchev–Trinajstić information content (AvgIpc) is 2.58. The number of aliphatic hydroxyl groups excluding tert-OH is 1.